The average molecular weight is 343 g/mol. The molecule has 0 aromatic heterocycles. The Hall–Kier alpha value is -0.940. The number of rotatable bonds is 3. The number of hydrogen-bond donors (Lipinski definition) is 1. The molecule has 0 bridgehead atoms. The minimum atomic E-state index is -0.428. The van der Waals surface area contributed by atoms with E-state index in [1.807, 2.05) is 6.92 Å². The van der Waals surface area contributed by atoms with Crippen LogP contribution in [0.25, 0.3) is 0 Å². The van der Waals surface area contributed by atoms with Gasteiger partial charge in [-0.05, 0) is 51.8 Å². The summed E-state index contributed by atoms with van der Waals surface area (Å²) in [7, 11) is 0. The van der Waals surface area contributed by atoms with E-state index in [-0.39, 0.29) is 17.6 Å². The van der Waals surface area contributed by atoms with Crippen LogP contribution in [0.2, 0.25) is 0 Å². The number of nitrogens with zero attached hydrogens (tertiary/aromatic N) is 1. The topological polar surface area (TPSA) is 32.3 Å². The third-order valence-electron chi connectivity index (χ3n) is 4.04. The van der Waals surface area contributed by atoms with E-state index in [9.17, 15) is 9.18 Å². The molecule has 1 aliphatic heterocycles. The third kappa shape index (κ3) is 3.20. The summed E-state index contributed by atoms with van der Waals surface area (Å²) in [5.41, 5.74) is 0.226. The molecule has 20 heavy (non-hydrogen) atoms. The molecule has 3 unspecified atom stereocenters. The number of likely N-dealkylation sites (tertiary alicyclic amines) is 1. The molecule has 1 aliphatic rings. The van der Waals surface area contributed by atoms with Crippen LogP contribution in [-0.4, -0.2) is 28.9 Å². The van der Waals surface area contributed by atoms with E-state index >= 15 is 0 Å². The Balaban J connectivity index is 2.07. The van der Waals surface area contributed by atoms with Crippen LogP contribution in [-0.2, 0) is 4.79 Å². The SMILES string of the molecule is CC1CCC(C)N1C(C)C(=O)Nc1ccc(Br)cc1F. The fourth-order valence-corrected chi connectivity index (χ4v) is 3.27. The van der Waals surface area contributed by atoms with Crippen molar-refractivity contribution in [1.82, 2.24) is 4.90 Å². The maximum absolute atomic E-state index is 13.7. The number of anilines is 1. The van der Waals surface area contributed by atoms with E-state index in [0.29, 0.717) is 16.6 Å². The van der Waals surface area contributed by atoms with Crippen molar-refractivity contribution in [3.05, 3.63) is 28.5 Å². The van der Waals surface area contributed by atoms with Crippen molar-refractivity contribution in [2.75, 3.05) is 5.32 Å². The second kappa shape index (κ2) is 6.22. The number of halogens is 2. The lowest BCUT2D eigenvalue weighted by atomic mass is 10.2. The first-order valence-electron chi connectivity index (χ1n) is 6.93. The van der Waals surface area contributed by atoms with Gasteiger partial charge in [0.2, 0.25) is 5.91 Å². The van der Waals surface area contributed by atoms with Gasteiger partial charge in [-0.2, -0.15) is 0 Å². The van der Waals surface area contributed by atoms with E-state index in [4.69, 9.17) is 0 Å². The fraction of sp³-hybridized carbons (Fsp3) is 0.533. The molecule has 5 heteroatoms. The molecule has 3 nitrogen and oxygen atoms in total. The molecule has 0 radical (unpaired) electrons. The zero-order valence-electron chi connectivity index (χ0n) is 12.0. The highest BCUT2D eigenvalue weighted by molar-refractivity contribution is 9.10. The highest BCUT2D eigenvalue weighted by atomic mass is 79.9. The lowest BCUT2D eigenvalue weighted by molar-refractivity contribution is -0.121. The Bertz CT molecular complexity index is 499. The molecule has 2 rings (SSSR count). The summed E-state index contributed by atoms with van der Waals surface area (Å²) >= 11 is 3.20. The molecule has 110 valence electrons. The zero-order valence-corrected chi connectivity index (χ0v) is 13.6. The Labute approximate surface area is 127 Å². The Morgan fingerprint density at radius 2 is 2.00 bits per heavy atom. The van der Waals surface area contributed by atoms with Crippen molar-refractivity contribution in [3.8, 4) is 0 Å². The van der Waals surface area contributed by atoms with Crippen molar-refractivity contribution >= 4 is 27.5 Å². The monoisotopic (exact) mass is 342 g/mol. The van der Waals surface area contributed by atoms with Crippen molar-refractivity contribution in [2.45, 2.75) is 51.7 Å². The fourth-order valence-electron chi connectivity index (χ4n) is 2.94. The minimum absolute atomic E-state index is 0.160. The highest BCUT2D eigenvalue weighted by Gasteiger charge is 2.34. The molecule has 0 saturated carbocycles. The van der Waals surface area contributed by atoms with E-state index < -0.39 is 5.82 Å². The predicted molar refractivity (Wildman–Crippen MR) is 82.2 cm³/mol. The summed E-state index contributed by atoms with van der Waals surface area (Å²) in [4.78, 5) is 14.5. The number of carbonyl (C=O) groups excluding carboxylic acids is 1. The Morgan fingerprint density at radius 3 is 2.55 bits per heavy atom. The highest BCUT2D eigenvalue weighted by Crippen LogP contribution is 2.27. The summed E-state index contributed by atoms with van der Waals surface area (Å²) in [6, 6.07) is 5.15. The van der Waals surface area contributed by atoms with Crippen molar-refractivity contribution in [3.63, 3.8) is 0 Å². The van der Waals surface area contributed by atoms with Crippen LogP contribution < -0.4 is 5.32 Å². The summed E-state index contributed by atoms with van der Waals surface area (Å²) < 4.78 is 14.4. The third-order valence-corrected chi connectivity index (χ3v) is 4.53. The number of benzene rings is 1. The van der Waals surface area contributed by atoms with Crippen LogP contribution in [0, 0.1) is 5.82 Å². The lowest BCUT2D eigenvalue weighted by Gasteiger charge is -2.31. The predicted octanol–water partition coefficient (Wildman–Crippen LogP) is 3.79. The maximum Gasteiger partial charge on any atom is 0.241 e. The maximum atomic E-state index is 13.7. The second-order valence-corrected chi connectivity index (χ2v) is 6.43. The van der Waals surface area contributed by atoms with Crippen molar-refractivity contribution < 1.29 is 9.18 Å². The molecule has 1 aromatic rings. The van der Waals surface area contributed by atoms with Crippen molar-refractivity contribution in [2.24, 2.45) is 0 Å². The molecule has 1 amide bonds. The molecular weight excluding hydrogens is 323 g/mol. The molecule has 1 fully saturated rings. The van der Waals surface area contributed by atoms with Gasteiger partial charge in [-0.3, -0.25) is 9.69 Å². The quantitative estimate of drug-likeness (QED) is 0.906. The van der Waals surface area contributed by atoms with Gasteiger partial charge in [-0.15, -0.1) is 0 Å². The summed E-state index contributed by atoms with van der Waals surface area (Å²) in [5, 5.41) is 2.68. The number of amides is 1. The molecule has 1 aromatic carbocycles. The smallest absolute Gasteiger partial charge is 0.241 e. The van der Waals surface area contributed by atoms with Gasteiger partial charge < -0.3 is 5.32 Å². The van der Waals surface area contributed by atoms with E-state index in [0.717, 1.165) is 12.8 Å². The Kier molecular flexibility index (Phi) is 4.81. The minimum Gasteiger partial charge on any atom is -0.322 e. The van der Waals surface area contributed by atoms with Crippen LogP contribution >= 0.6 is 15.9 Å². The van der Waals surface area contributed by atoms with Crippen LogP contribution in [0.3, 0.4) is 0 Å². The largest absolute Gasteiger partial charge is 0.322 e. The molecule has 0 spiro atoms. The van der Waals surface area contributed by atoms with Crippen LogP contribution in [0.1, 0.15) is 33.6 Å². The van der Waals surface area contributed by atoms with Gasteiger partial charge in [0, 0.05) is 16.6 Å². The van der Waals surface area contributed by atoms with E-state index in [1.54, 1.807) is 12.1 Å². The lowest BCUT2D eigenvalue weighted by Crippen LogP contribution is -2.46. The molecular formula is C15H20BrFN2O. The molecule has 1 heterocycles. The molecule has 1 saturated heterocycles. The van der Waals surface area contributed by atoms with Gasteiger partial charge in [-0.25, -0.2) is 4.39 Å². The average Bonchev–Trinajstić information content (AvgIpc) is 2.71. The second-order valence-electron chi connectivity index (χ2n) is 5.51. The van der Waals surface area contributed by atoms with Gasteiger partial charge in [-0.1, -0.05) is 15.9 Å². The van der Waals surface area contributed by atoms with E-state index in [1.165, 1.54) is 6.07 Å². The first-order chi connectivity index (χ1) is 9.40. The van der Waals surface area contributed by atoms with Crippen molar-refractivity contribution in [1.29, 1.82) is 0 Å². The van der Waals surface area contributed by atoms with Gasteiger partial charge in [0.25, 0.3) is 0 Å². The first-order valence-corrected chi connectivity index (χ1v) is 7.72. The zero-order chi connectivity index (χ0) is 14.9. The standard InChI is InChI=1S/C15H20BrFN2O/c1-9-4-5-10(2)19(9)11(3)15(20)18-14-7-6-12(16)8-13(14)17/h6-11H,4-5H2,1-3H3,(H,18,20). The number of carbonyl (C=O) groups is 1. The van der Waals surface area contributed by atoms with Gasteiger partial charge in [0.05, 0.1) is 11.7 Å². The number of nitrogens with one attached hydrogen (secondary N) is 1. The van der Waals surface area contributed by atoms with Crippen LogP contribution in [0.5, 0.6) is 0 Å². The summed E-state index contributed by atoms with van der Waals surface area (Å²) in [6.07, 6.45) is 2.21. The van der Waals surface area contributed by atoms with Gasteiger partial charge in [0.15, 0.2) is 0 Å². The van der Waals surface area contributed by atoms with Crippen LogP contribution in [0.4, 0.5) is 10.1 Å². The van der Waals surface area contributed by atoms with Crippen LogP contribution in [0.15, 0.2) is 22.7 Å². The summed E-state index contributed by atoms with van der Waals surface area (Å²) in [6.45, 7) is 6.14. The van der Waals surface area contributed by atoms with Gasteiger partial charge >= 0.3 is 0 Å². The molecule has 1 N–H and O–H groups in total. The molecule has 0 aliphatic carbocycles. The first kappa shape index (κ1) is 15.4. The number of hydrogen-bond acceptors (Lipinski definition) is 2. The van der Waals surface area contributed by atoms with E-state index in [2.05, 4.69) is 40.0 Å². The molecule has 3 atom stereocenters. The normalized spacial score (nSPS) is 24.6. The summed E-state index contributed by atoms with van der Waals surface area (Å²) in [5.74, 6) is -0.589. The van der Waals surface area contributed by atoms with Gasteiger partial charge in [0.1, 0.15) is 5.82 Å². The Morgan fingerprint density at radius 1 is 1.40 bits per heavy atom.